The summed E-state index contributed by atoms with van der Waals surface area (Å²) in [5.41, 5.74) is 0.687. The normalized spacial score (nSPS) is 17.7. The highest BCUT2D eigenvalue weighted by Crippen LogP contribution is 2.28. The zero-order chi connectivity index (χ0) is 18.7. The molecule has 26 heavy (non-hydrogen) atoms. The first-order chi connectivity index (χ1) is 12.5. The summed E-state index contributed by atoms with van der Waals surface area (Å²) < 4.78 is 2.08. The number of likely N-dealkylation sites (tertiary alicyclic amines) is 1. The van der Waals surface area contributed by atoms with E-state index in [0.717, 1.165) is 42.6 Å². The Hall–Kier alpha value is -1.93. The number of piperidine rings is 1. The predicted molar refractivity (Wildman–Crippen MR) is 102 cm³/mol. The molecule has 0 saturated carbocycles. The lowest BCUT2D eigenvalue weighted by Gasteiger charge is -2.32. The first-order valence-electron chi connectivity index (χ1n) is 8.82. The van der Waals surface area contributed by atoms with Crippen molar-refractivity contribution in [3.8, 4) is 0 Å². The predicted octanol–water partition coefficient (Wildman–Crippen LogP) is 2.01. The van der Waals surface area contributed by atoms with Crippen molar-refractivity contribution in [2.75, 3.05) is 33.4 Å². The van der Waals surface area contributed by atoms with E-state index in [0.29, 0.717) is 12.1 Å². The molecule has 2 aromatic rings. The number of amides is 1. The second kappa shape index (κ2) is 8.18. The molecule has 0 bridgehead atoms. The molecule has 0 spiro atoms. The summed E-state index contributed by atoms with van der Waals surface area (Å²) in [6.45, 7) is 2.21. The van der Waals surface area contributed by atoms with Crippen LogP contribution in [0.5, 0.6) is 0 Å². The minimum atomic E-state index is 0.0582. The Morgan fingerprint density at radius 3 is 2.92 bits per heavy atom. The Labute approximate surface area is 158 Å². The lowest BCUT2D eigenvalue weighted by atomic mass is 9.96. The smallest absolute Gasteiger partial charge is 0.256 e. The third kappa shape index (κ3) is 3.91. The number of pyridine rings is 1. The minimum Gasteiger partial charge on any atom is -0.338 e. The van der Waals surface area contributed by atoms with Gasteiger partial charge in [0.1, 0.15) is 16.7 Å². The van der Waals surface area contributed by atoms with Gasteiger partial charge >= 0.3 is 0 Å². The van der Waals surface area contributed by atoms with Crippen molar-refractivity contribution in [3.63, 3.8) is 0 Å². The van der Waals surface area contributed by atoms with Crippen LogP contribution in [-0.4, -0.2) is 68.9 Å². The highest BCUT2D eigenvalue weighted by molar-refractivity contribution is 7.98. The standard InChI is InChI=1S/C18H26N6OS/c1-22(2)12-15-20-21-16(23(15)3)13-7-6-10-24(11-13)18(25)14-8-5-9-19-17(14)26-4/h5,8-9,13H,6-7,10-12H2,1-4H3. The van der Waals surface area contributed by atoms with Crippen LogP contribution in [0.1, 0.15) is 40.8 Å². The van der Waals surface area contributed by atoms with Crippen molar-refractivity contribution in [2.45, 2.75) is 30.3 Å². The Morgan fingerprint density at radius 2 is 2.19 bits per heavy atom. The van der Waals surface area contributed by atoms with Crippen LogP contribution < -0.4 is 0 Å². The monoisotopic (exact) mass is 374 g/mol. The van der Waals surface area contributed by atoms with Crippen LogP contribution in [0.4, 0.5) is 0 Å². The topological polar surface area (TPSA) is 67.2 Å². The molecule has 1 aliphatic rings. The molecule has 3 heterocycles. The molecular weight excluding hydrogens is 348 g/mol. The van der Waals surface area contributed by atoms with Crippen LogP contribution in [0, 0.1) is 0 Å². The fourth-order valence-electron chi connectivity index (χ4n) is 3.41. The summed E-state index contributed by atoms with van der Waals surface area (Å²) in [4.78, 5) is 21.4. The maximum absolute atomic E-state index is 13.0. The average Bonchev–Trinajstić information content (AvgIpc) is 3.01. The molecule has 2 aromatic heterocycles. The zero-order valence-electron chi connectivity index (χ0n) is 15.8. The van der Waals surface area contributed by atoms with Gasteiger partial charge in [0.2, 0.25) is 0 Å². The van der Waals surface area contributed by atoms with Crippen molar-refractivity contribution >= 4 is 17.7 Å². The summed E-state index contributed by atoms with van der Waals surface area (Å²) in [5.74, 6) is 2.19. The van der Waals surface area contributed by atoms with Gasteiger partial charge in [-0.05, 0) is 45.3 Å². The fourth-order valence-corrected chi connectivity index (χ4v) is 3.95. The van der Waals surface area contributed by atoms with Crippen molar-refractivity contribution in [1.29, 1.82) is 0 Å². The van der Waals surface area contributed by atoms with Crippen LogP contribution in [0.25, 0.3) is 0 Å². The molecular formula is C18H26N6OS. The van der Waals surface area contributed by atoms with Crippen molar-refractivity contribution < 1.29 is 4.79 Å². The van der Waals surface area contributed by atoms with E-state index in [4.69, 9.17) is 0 Å². The number of carbonyl (C=O) groups is 1. The summed E-state index contributed by atoms with van der Waals surface area (Å²) in [6.07, 6.45) is 5.68. The van der Waals surface area contributed by atoms with E-state index in [2.05, 4.69) is 24.6 Å². The van der Waals surface area contributed by atoms with E-state index in [9.17, 15) is 4.79 Å². The largest absolute Gasteiger partial charge is 0.338 e. The average molecular weight is 375 g/mol. The van der Waals surface area contributed by atoms with Crippen LogP contribution in [0.15, 0.2) is 23.4 Å². The highest BCUT2D eigenvalue weighted by atomic mass is 32.2. The van der Waals surface area contributed by atoms with Gasteiger partial charge in [0, 0.05) is 32.3 Å². The van der Waals surface area contributed by atoms with Gasteiger partial charge < -0.3 is 14.4 Å². The number of hydrogen-bond acceptors (Lipinski definition) is 6. The van der Waals surface area contributed by atoms with Crippen molar-refractivity contribution in [2.24, 2.45) is 7.05 Å². The Bertz CT molecular complexity index is 775. The molecule has 1 aliphatic heterocycles. The van der Waals surface area contributed by atoms with Gasteiger partial charge in [0.15, 0.2) is 0 Å². The molecule has 1 amide bonds. The van der Waals surface area contributed by atoms with E-state index < -0.39 is 0 Å². The number of nitrogens with zero attached hydrogens (tertiary/aromatic N) is 6. The molecule has 7 nitrogen and oxygen atoms in total. The maximum atomic E-state index is 13.0. The van der Waals surface area contributed by atoms with Gasteiger partial charge in [0.05, 0.1) is 12.1 Å². The second-order valence-corrected chi connectivity index (χ2v) is 7.72. The molecule has 1 fully saturated rings. The summed E-state index contributed by atoms with van der Waals surface area (Å²) in [6, 6.07) is 3.69. The third-order valence-corrected chi connectivity index (χ3v) is 5.44. The first-order valence-corrected chi connectivity index (χ1v) is 10.0. The van der Waals surface area contributed by atoms with Crippen LogP contribution in [0.3, 0.4) is 0 Å². The molecule has 8 heteroatoms. The van der Waals surface area contributed by atoms with Gasteiger partial charge in [-0.15, -0.1) is 22.0 Å². The van der Waals surface area contributed by atoms with Gasteiger partial charge in [-0.25, -0.2) is 4.98 Å². The molecule has 1 unspecified atom stereocenters. The van der Waals surface area contributed by atoms with Crippen molar-refractivity contribution in [1.82, 2.24) is 29.5 Å². The van der Waals surface area contributed by atoms with E-state index >= 15 is 0 Å². The molecule has 1 atom stereocenters. The Morgan fingerprint density at radius 1 is 1.38 bits per heavy atom. The molecule has 1 saturated heterocycles. The quantitative estimate of drug-likeness (QED) is 0.746. The van der Waals surface area contributed by atoms with Gasteiger partial charge in [-0.3, -0.25) is 4.79 Å². The fraction of sp³-hybridized carbons (Fsp3) is 0.556. The molecule has 0 aliphatic carbocycles. The summed E-state index contributed by atoms with van der Waals surface area (Å²) >= 11 is 1.51. The van der Waals surface area contributed by atoms with E-state index in [1.807, 2.05) is 44.4 Å². The summed E-state index contributed by atoms with van der Waals surface area (Å²) in [5, 5.41) is 9.55. The zero-order valence-corrected chi connectivity index (χ0v) is 16.7. The highest BCUT2D eigenvalue weighted by Gasteiger charge is 2.29. The number of aromatic nitrogens is 4. The van der Waals surface area contributed by atoms with E-state index in [-0.39, 0.29) is 11.8 Å². The molecule has 0 aromatic carbocycles. The van der Waals surface area contributed by atoms with Gasteiger partial charge in [-0.2, -0.15) is 0 Å². The molecule has 3 rings (SSSR count). The number of thioether (sulfide) groups is 1. The second-order valence-electron chi connectivity index (χ2n) is 6.92. The third-order valence-electron chi connectivity index (χ3n) is 4.73. The molecule has 0 radical (unpaired) electrons. The van der Waals surface area contributed by atoms with Crippen LogP contribution >= 0.6 is 11.8 Å². The molecule has 0 N–H and O–H groups in total. The van der Waals surface area contributed by atoms with E-state index in [1.165, 1.54) is 11.8 Å². The Balaban J connectivity index is 1.77. The number of rotatable bonds is 5. The lowest BCUT2D eigenvalue weighted by molar-refractivity contribution is 0.0699. The van der Waals surface area contributed by atoms with Crippen molar-refractivity contribution in [3.05, 3.63) is 35.5 Å². The van der Waals surface area contributed by atoms with Crippen LogP contribution in [-0.2, 0) is 13.6 Å². The number of carbonyl (C=O) groups excluding carboxylic acids is 1. The van der Waals surface area contributed by atoms with Gasteiger partial charge in [-0.1, -0.05) is 0 Å². The molecule has 140 valence electrons. The van der Waals surface area contributed by atoms with Gasteiger partial charge in [0.25, 0.3) is 5.91 Å². The first kappa shape index (κ1) is 18.8. The lowest BCUT2D eigenvalue weighted by Crippen LogP contribution is -2.40. The Kier molecular flexibility index (Phi) is 5.93. The maximum Gasteiger partial charge on any atom is 0.256 e. The minimum absolute atomic E-state index is 0.0582. The van der Waals surface area contributed by atoms with Crippen LogP contribution in [0.2, 0.25) is 0 Å². The SMILES string of the molecule is CSc1ncccc1C(=O)N1CCCC(c2nnc(CN(C)C)n2C)C1. The summed E-state index contributed by atoms with van der Waals surface area (Å²) in [7, 11) is 6.06. The number of hydrogen-bond donors (Lipinski definition) is 0. The van der Waals surface area contributed by atoms with E-state index in [1.54, 1.807) is 6.20 Å².